The molecule has 0 amide bonds. The van der Waals surface area contributed by atoms with E-state index in [0.717, 1.165) is 11.3 Å². The van der Waals surface area contributed by atoms with Crippen LogP contribution in [0, 0.1) is 0 Å². The van der Waals surface area contributed by atoms with Crippen molar-refractivity contribution in [2.75, 3.05) is 19.0 Å². The summed E-state index contributed by atoms with van der Waals surface area (Å²) in [7, 11) is 0.648. The van der Waals surface area contributed by atoms with Gasteiger partial charge in [0.1, 0.15) is 0 Å². The first-order valence-corrected chi connectivity index (χ1v) is 7.68. The summed E-state index contributed by atoms with van der Waals surface area (Å²) in [6.07, 6.45) is 0. The summed E-state index contributed by atoms with van der Waals surface area (Å²) in [5, 5.41) is 0. The maximum absolute atomic E-state index is 12.2. The Bertz CT molecular complexity index is 632. The van der Waals surface area contributed by atoms with Crippen molar-refractivity contribution in [3.8, 4) is 0 Å². The Morgan fingerprint density at radius 3 is 2.00 bits per heavy atom. The summed E-state index contributed by atoms with van der Waals surface area (Å²) in [6.45, 7) is 0. The van der Waals surface area contributed by atoms with Gasteiger partial charge in [-0.15, -0.1) is 0 Å². The molecule has 0 atom stereocenters. The van der Waals surface area contributed by atoms with Crippen LogP contribution in [0.2, 0.25) is 0 Å². The van der Waals surface area contributed by atoms with Crippen LogP contribution in [0.25, 0.3) is 0 Å². The summed E-state index contributed by atoms with van der Waals surface area (Å²) in [6, 6.07) is 16.1. The lowest BCUT2D eigenvalue weighted by atomic mass is 10.2. The average molecular weight is 275 g/mol. The third-order valence-corrected chi connectivity index (χ3v) is 4.62. The first kappa shape index (κ1) is 13.6. The zero-order valence-corrected chi connectivity index (χ0v) is 11.9. The van der Waals surface area contributed by atoms with Gasteiger partial charge in [0.2, 0.25) is 0 Å². The Hall–Kier alpha value is -1.81. The number of anilines is 1. The van der Waals surface area contributed by atoms with Gasteiger partial charge in [-0.3, -0.25) is 0 Å². The maximum Gasteiger partial charge on any atom is 0.182 e. The highest BCUT2D eigenvalue weighted by molar-refractivity contribution is 7.90. The molecular formula is C15H17NO2S. The van der Waals surface area contributed by atoms with Gasteiger partial charge in [-0.2, -0.15) is 0 Å². The van der Waals surface area contributed by atoms with Gasteiger partial charge in [-0.25, -0.2) is 8.42 Å². The van der Waals surface area contributed by atoms with Gasteiger partial charge in [-0.05, 0) is 29.8 Å². The Labute approximate surface area is 114 Å². The van der Waals surface area contributed by atoms with Crippen LogP contribution >= 0.6 is 0 Å². The minimum atomic E-state index is -3.26. The van der Waals surface area contributed by atoms with E-state index in [1.54, 1.807) is 24.3 Å². The zero-order chi connectivity index (χ0) is 13.9. The molecule has 0 aromatic heterocycles. The van der Waals surface area contributed by atoms with Gasteiger partial charge in [0.25, 0.3) is 0 Å². The summed E-state index contributed by atoms with van der Waals surface area (Å²) in [4.78, 5) is 2.35. The normalized spacial score (nSPS) is 11.3. The molecule has 4 heteroatoms. The lowest BCUT2D eigenvalue weighted by Gasteiger charge is -2.12. The first-order valence-electron chi connectivity index (χ1n) is 6.03. The maximum atomic E-state index is 12.2. The highest BCUT2D eigenvalue weighted by Crippen LogP contribution is 2.18. The number of hydrogen-bond acceptors (Lipinski definition) is 3. The molecule has 0 saturated carbocycles. The molecule has 100 valence electrons. The molecule has 0 aliphatic heterocycles. The molecule has 0 N–H and O–H groups in total. The van der Waals surface area contributed by atoms with Gasteiger partial charge in [0.05, 0.1) is 10.6 Å². The van der Waals surface area contributed by atoms with Crippen LogP contribution in [-0.4, -0.2) is 22.5 Å². The second-order valence-corrected chi connectivity index (χ2v) is 6.62. The van der Waals surface area contributed by atoms with Crippen LogP contribution in [0.4, 0.5) is 5.69 Å². The average Bonchev–Trinajstić information content (AvgIpc) is 2.40. The van der Waals surface area contributed by atoms with Crippen molar-refractivity contribution >= 4 is 15.5 Å². The molecular weight excluding hydrogens is 258 g/mol. The monoisotopic (exact) mass is 275 g/mol. The van der Waals surface area contributed by atoms with Crippen molar-refractivity contribution in [3.63, 3.8) is 0 Å². The lowest BCUT2D eigenvalue weighted by molar-refractivity contribution is 0.595. The number of rotatable bonds is 4. The van der Waals surface area contributed by atoms with Crippen LogP contribution in [0.3, 0.4) is 0 Å². The number of hydrogen-bond donors (Lipinski definition) is 0. The van der Waals surface area contributed by atoms with Crippen LogP contribution in [0.5, 0.6) is 0 Å². The molecule has 0 radical (unpaired) electrons. The van der Waals surface area contributed by atoms with Crippen molar-refractivity contribution in [1.29, 1.82) is 0 Å². The Kier molecular flexibility index (Phi) is 3.90. The second kappa shape index (κ2) is 5.45. The molecule has 0 spiro atoms. The molecule has 0 aliphatic rings. The number of benzene rings is 2. The molecule has 3 nitrogen and oxygen atoms in total. The topological polar surface area (TPSA) is 37.4 Å². The van der Waals surface area contributed by atoms with E-state index in [0.29, 0.717) is 4.90 Å². The molecule has 0 heterocycles. The molecule has 0 saturated heterocycles. The largest absolute Gasteiger partial charge is 0.378 e. The van der Waals surface area contributed by atoms with Gasteiger partial charge in [0, 0.05) is 19.8 Å². The summed E-state index contributed by atoms with van der Waals surface area (Å²) in [5.41, 5.74) is 1.86. The van der Waals surface area contributed by atoms with Gasteiger partial charge >= 0.3 is 0 Å². The van der Waals surface area contributed by atoms with Gasteiger partial charge in [-0.1, -0.05) is 30.3 Å². The number of nitrogens with zero attached hydrogens (tertiary/aromatic N) is 1. The predicted octanol–water partition coefficient (Wildman–Crippen LogP) is 2.73. The molecule has 2 aromatic carbocycles. The van der Waals surface area contributed by atoms with Crippen molar-refractivity contribution in [3.05, 3.63) is 60.2 Å². The fourth-order valence-corrected chi connectivity index (χ4v) is 3.19. The lowest BCUT2D eigenvalue weighted by Crippen LogP contribution is -2.09. The fourth-order valence-electron chi connectivity index (χ4n) is 1.82. The molecule has 19 heavy (non-hydrogen) atoms. The van der Waals surface area contributed by atoms with E-state index in [1.165, 1.54) is 0 Å². The third-order valence-electron chi connectivity index (χ3n) is 2.91. The van der Waals surface area contributed by atoms with Crippen LogP contribution in [0.15, 0.2) is 59.5 Å². The Morgan fingerprint density at radius 1 is 0.895 bits per heavy atom. The SMILES string of the molecule is CN(C)c1ccc(CS(=O)(=O)c2ccccc2)cc1. The summed E-state index contributed by atoms with van der Waals surface area (Å²) >= 11 is 0. The van der Waals surface area contributed by atoms with Crippen molar-refractivity contribution in [1.82, 2.24) is 0 Å². The van der Waals surface area contributed by atoms with Gasteiger partial charge < -0.3 is 4.90 Å². The molecule has 2 rings (SSSR count). The van der Waals surface area contributed by atoms with Crippen LogP contribution in [0.1, 0.15) is 5.56 Å². The van der Waals surface area contributed by atoms with E-state index < -0.39 is 9.84 Å². The van der Waals surface area contributed by atoms with Gasteiger partial charge in [0.15, 0.2) is 9.84 Å². The molecule has 0 unspecified atom stereocenters. The fraction of sp³-hybridized carbons (Fsp3) is 0.200. The van der Waals surface area contributed by atoms with Crippen molar-refractivity contribution in [2.24, 2.45) is 0 Å². The van der Waals surface area contributed by atoms with Crippen LogP contribution < -0.4 is 4.90 Å². The Balaban J connectivity index is 2.21. The highest BCUT2D eigenvalue weighted by atomic mass is 32.2. The zero-order valence-electron chi connectivity index (χ0n) is 11.1. The molecule has 2 aromatic rings. The van der Waals surface area contributed by atoms with E-state index in [1.807, 2.05) is 49.3 Å². The van der Waals surface area contributed by atoms with E-state index in [4.69, 9.17) is 0 Å². The second-order valence-electron chi connectivity index (χ2n) is 4.63. The quantitative estimate of drug-likeness (QED) is 0.861. The smallest absolute Gasteiger partial charge is 0.182 e. The standard InChI is InChI=1S/C15H17NO2S/c1-16(2)14-10-8-13(9-11-14)12-19(17,18)15-6-4-3-5-7-15/h3-11H,12H2,1-2H3. The van der Waals surface area contributed by atoms with E-state index in [-0.39, 0.29) is 5.75 Å². The van der Waals surface area contributed by atoms with Crippen molar-refractivity contribution in [2.45, 2.75) is 10.6 Å². The molecule has 0 aliphatic carbocycles. The van der Waals surface area contributed by atoms with E-state index >= 15 is 0 Å². The van der Waals surface area contributed by atoms with Crippen molar-refractivity contribution < 1.29 is 8.42 Å². The predicted molar refractivity (Wildman–Crippen MR) is 78.1 cm³/mol. The summed E-state index contributed by atoms with van der Waals surface area (Å²) < 4.78 is 24.4. The van der Waals surface area contributed by atoms with E-state index in [9.17, 15) is 8.42 Å². The minimum Gasteiger partial charge on any atom is -0.378 e. The number of sulfone groups is 1. The minimum absolute atomic E-state index is 0.0325. The van der Waals surface area contributed by atoms with Crippen LogP contribution in [-0.2, 0) is 15.6 Å². The Morgan fingerprint density at radius 2 is 1.47 bits per heavy atom. The third kappa shape index (κ3) is 3.35. The molecule has 0 bridgehead atoms. The van der Waals surface area contributed by atoms with E-state index in [2.05, 4.69) is 0 Å². The summed E-state index contributed by atoms with van der Waals surface area (Å²) in [5.74, 6) is 0.0325. The molecule has 0 fully saturated rings. The highest BCUT2D eigenvalue weighted by Gasteiger charge is 2.14. The first-order chi connectivity index (χ1) is 8.99.